The number of aliphatic imine (C=N–C) groups is 1. The summed E-state index contributed by atoms with van der Waals surface area (Å²) in [7, 11) is 4.13. The Bertz CT molecular complexity index is 924. The minimum atomic E-state index is 0. The van der Waals surface area contributed by atoms with Crippen LogP contribution in [0.15, 0.2) is 53.7 Å². The topological polar surface area (TPSA) is 69.8 Å². The maximum atomic E-state index is 6.02. The minimum Gasteiger partial charge on any atom is -0.357 e. The van der Waals surface area contributed by atoms with Crippen LogP contribution < -0.4 is 10.6 Å². The van der Waals surface area contributed by atoms with Gasteiger partial charge in [-0.1, -0.05) is 29.8 Å². The van der Waals surface area contributed by atoms with Crippen molar-refractivity contribution in [3.63, 3.8) is 0 Å². The lowest BCUT2D eigenvalue weighted by atomic mass is 10.1. The van der Waals surface area contributed by atoms with Crippen LogP contribution in [0.1, 0.15) is 24.4 Å². The summed E-state index contributed by atoms with van der Waals surface area (Å²) in [5.74, 6) is 1.55. The molecule has 0 radical (unpaired) electrons. The third-order valence-electron chi connectivity index (χ3n) is 4.45. The third kappa shape index (κ3) is 6.28. The first-order chi connectivity index (χ1) is 13.6. The SMILES string of the molecule is CCNC(=NCc1nnc2ccccn12)NCC(c1ccc(Cl)cc1)N(C)C.I. The number of halogens is 2. The predicted octanol–water partition coefficient (Wildman–Crippen LogP) is 3.36. The molecule has 0 saturated heterocycles. The Kier molecular flexibility index (Phi) is 9.12. The monoisotopic (exact) mass is 527 g/mol. The fraction of sp³-hybridized carbons (Fsp3) is 0.350. The van der Waals surface area contributed by atoms with Gasteiger partial charge in [0, 0.05) is 24.3 Å². The van der Waals surface area contributed by atoms with Crippen molar-refractivity contribution in [1.82, 2.24) is 30.1 Å². The average Bonchev–Trinajstić information content (AvgIpc) is 3.10. The van der Waals surface area contributed by atoms with E-state index in [0.717, 1.165) is 29.0 Å². The fourth-order valence-electron chi connectivity index (χ4n) is 2.97. The number of benzene rings is 1. The van der Waals surface area contributed by atoms with Gasteiger partial charge >= 0.3 is 0 Å². The fourth-order valence-corrected chi connectivity index (χ4v) is 3.09. The predicted molar refractivity (Wildman–Crippen MR) is 129 cm³/mol. The summed E-state index contributed by atoms with van der Waals surface area (Å²) in [6.07, 6.45) is 1.95. The number of likely N-dealkylation sites (N-methyl/N-ethyl adjacent to an activating group) is 1. The van der Waals surface area contributed by atoms with Crippen molar-refractivity contribution in [3.05, 3.63) is 65.1 Å². The van der Waals surface area contributed by atoms with E-state index in [1.807, 2.05) is 47.9 Å². The Morgan fingerprint density at radius 2 is 1.90 bits per heavy atom. The van der Waals surface area contributed by atoms with Gasteiger partial charge in [-0.05, 0) is 50.8 Å². The molecule has 3 aromatic rings. The van der Waals surface area contributed by atoms with Gasteiger partial charge in [-0.2, -0.15) is 0 Å². The molecule has 9 heteroatoms. The van der Waals surface area contributed by atoms with E-state index in [1.54, 1.807) is 0 Å². The number of pyridine rings is 1. The van der Waals surface area contributed by atoms with E-state index in [9.17, 15) is 0 Å². The number of nitrogens with one attached hydrogen (secondary N) is 2. The Balaban J connectivity index is 0.00000300. The molecule has 0 aliphatic carbocycles. The van der Waals surface area contributed by atoms with Gasteiger partial charge in [-0.15, -0.1) is 34.2 Å². The van der Waals surface area contributed by atoms with Gasteiger partial charge < -0.3 is 15.5 Å². The average molecular weight is 528 g/mol. The van der Waals surface area contributed by atoms with E-state index in [4.69, 9.17) is 11.6 Å². The molecule has 0 fully saturated rings. The van der Waals surface area contributed by atoms with Crippen LogP contribution in [0.25, 0.3) is 5.65 Å². The molecule has 0 aliphatic heterocycles. The Morgan fingerprint density at radius 3 is 2.59 bits per heavy atom. The molecule has 2 heterocycles. The first-order valence-electron chi connectivity index (χ1n) is 9.31. The number of fused-ring (bicyclic) bond motifs is 1. The first kappa shape index (κ1) is 23.4. The number of hydrogen-bond donors (Lipinski definition) is 2. The second-order valence-corrected chi connectivity index (χ2v) is 7.09. The number of guanidine groups is 1. The molecule has 0 bridgehead atoms. The summed E-state index contributed by atoms with van der Waals surface area (Å²) >= 11 is 6.02. The molecule has 156 valence electrons. The van der Waals surface area contributed by atoms with Crippen molar-refractivity contribution in [2.45, 2.75) is 19.5 Å². The van der Waals surface area contributed by atoms with Gasteiger partial charge in [0.15, 0.2) is 17.4 Å². The smallest absolute Gasteiger partial charge is 0.191 e. The molecular weight excluding hydrogens is 501 g/mol. The van der Waals surface area contributed by atoms with Crippen LogP contribution in [0.4, 0.5) is 0 Å². The molecule has 3 rings (SSSR count). The zero-order valence-corrected chi connectivity index (χ0v) is 19.9. The van der Waals surface area contributed by atoms with Crippen molar-refractivity contribution >= 4 is 47.2 Å². The van der Waals surface area contributed by atoms with Crippen LogP contribution in [0, 0.1) is 0 Å². The van der Waals surface area contributed by atoms with Gasteiger partial charge in [0.2, 0.25) is 0 Å². The summed E-state index contributed by atoms with van der Waals surface area (Å²) in [5, 5.41) is 15.9. The van der Waals surface area contributed by atoms with Gasteiger partial charge in [0.25, 0.3) is 0 Å². The highest BCUT2D eigenvalue weighted by molar-refractivity contribution is 14.0. The normalized spacial score (nSPS) is 12.7. The molecule has 0 spiro atoms. The van der Waals surface area contributed by atoms with E-state index < -0.39 is 0 Å². The first-order valence-corrected chi connectivity index (χ1v) is 9.69. The number of aromatic nitrogens is 3. The van der Waals surface area contributed by atoms with E-state index in [-0.39, 0.29) is 30.0 Å². The Morgan fingerprint density at radius 1 is 1.14 bits per heavy atom. The van der Waals surface area contributed by atoms with Crippen LogP contribution in [0.3, 0.4) is 0 Å². The summed E-state index contributed by atoms with van der Waals surface area (Å²) in [4.78, 5) is 6.85. The quantitative estimate of drug-likeness (QED) is 0.280. The van der Waals surface area contributed by atoms with Crippen molar-refractivity contribution in [2.24, 2.45) is 4.99 Å². The Hall–Kier alpha value is -1.91. The van der Waals surface area contributed by atoms with E-state index in [1.165, 1.54) is 5.56 Å². The molecule has 2 N–H and O–H groups in total. The van der Waals surface area contributed by atoms with Gasteiger partial charge in [-0.3, -0.25) is 4.40 Å². The maximum absolute atomic E-state index is 6.02. The molecule has 1 unspecified atom stereocenters. The highest BCUT2D eigenvalue weighted by Gasteiger charge is 2.15. The third-order valence-corrected chi connectivity index (χ3v) is 4.70. The molecule has 2 aromatic heterocycles. The van der Waals surface area contributed by atoms with Crippen molar-refractivity contribution in [1.29, 1.82) is 0 Å². The van der Waals surface area contributed by atoms with Crippen LogP contribution in [-0.2, 0) is 6.54 Å². The second-order valence-electron chi connectivity index (χ2n) is 6.65. The van der Waals surface area contributed by atoms with Crippen molar-refractivity contribution in [2.75, 3.05) is 27.2 Å². The molecule has 29 heavy (non-hydrogen) atoms. The van der Waals surface area contributed by atoms with E-state index in [2.05, 4.69) is 57.0 Å². The second kappa shape index (κ2) is 11.3. The van der Waals surface area contributed by atoms with Gasteiger partial charge in [-0.25, -0.2) is 4.99 Å². The number of nitrogens with zero attached hydrogens (tertiary/aromatic N) is 5. The number of hydrogen-bond acceptors (Lipinski definition) is 4. The summed E-state index contributed by atoms with van der Waals surface area (Å²) in [6, 6.07) is 14.0. The number of rotatable bonds is 7. The highest BCUT2D eigenvalue weighted by Crippen LogP contribution is 2.19. The van der Waals surface area contributed by atoms with Gasteiger partial charge in [0.05, 0.1) is 6.04 Å². The largest absolute Gasteiger partial charge is 0.357 e. The Labute approximate surface area is 193 Å². The van der Waals surface area contributed by atoms with Crippen molar-refractivity contribution < 1.29 is 0 Å². The lowest BCUT2D eigenvalue weighted by Crippen LogP contribution is -2.41. The summed E-state index contributed by atoms with van der Waals surface area (Å²) in [5.41, 5.74) is 2.02. The van der Waals surface area contributed by atoms with Crippen LogP contribution in [0.5, 0.6) is 0 Å². The maximum Gasteiger partial charge on any atom is 0.191 e. The van der Waals surface area contributed by atoms with E-state index >= 15 is 0 Å². The minimum absolute atomic E-state index is 0. The van der Waals surface area contributed by atoms with Crippen LogP contribution in [-0.4, -0.2) is 52.6 Å². The molecular formula is C20H27ClIN7. The molecule has 7 nitrogen and oxygen atoms in total. The molecule has 1 aromatic carbocycles. The highest BCUT2D eigenvalue weighted by atomic mass is 127. The standard InChI is InChI=1S/C20H26ClN7.HI/c1-4-22-20(24-14-19-26-25-18-7-5-6-12-28(18)19)23-13-17(27(2)3)15-8-10-16(21)11-9-15;/h5-12,17H,4,13-14H2,1-3H3,(H2,22,23,24);1H. The summed E-state index contributed by atoms with van der Waals surface area (Å²) in [6.45, 7) is 3.97. The lowest BCUT2D eigenvalue weighted by molar-refractivity contribution is 0.298. The van der Waals surface area contributed by atoms with Crippen LogP contribution >= 0.6 is 35.6 Å². The molecule has 1 atom stereocenters. The lowest BCUT2D eigenvalue weighted by Gasteiger charge is -2.26. The summed E-state index contributed by atoms with van der Waals surface area (Å²) < 4.78 is 1.95. The zero-order chi connectivity index (χ0) is 19.9. The zero-order valence-electron chi connectivity index (χ0n) is 16.8. The van der Waals surface area contributed by atoms with E-state index in [0.29, 0.717) is 13.1 Å². The molecule has 0 saturated carbocycles. The van der Waals surface area contributed by atoms with Gasteiger partial charge in [0.1, 0.15) is 6.54 Å². The van der Waals surface area contributed by atoms with Crippen LogP contribution in [0.2, 0.25) is 5.02 Å². The van der Waals surface area contributed by atoms with Crippen molar-refractivity contribution in [3.8, 4) is 0 Å². The molecule has 0 aliphatic rings. The molecule has 0 amide bonds.